The lowest BCUT2D eigenvalue weighted by Gasteiger charge is -2.24. The van der Waals surface area contributed by atoms with Gasteiger partial charge in [-0.1, -0.05) is 48.5 Å². The fourth-order valence-corrected chi connectivity index (χ4v) is 3.58. The van der Waals surface area contributed by atoms with Crippen LogP contribution in [0.3, 0.4) is 0 Å². The van der Waals surface area contributed by atoms with Crippen molar-refractivity contribution in [3.63, 3.8) is 0 Å². The van der Waals surface area contributed by atoms with Gasteiger partial charge in [-0.2, -0.15) is 0 Å². The van der Waals surface area contributed by atoms with E-state index in [1.165, 1.54) is 4.90 Å². The Kier molecular flexibility index (Phi) is 4.10. The number of nitrogens with zero attached hydrogens (tertiary/aromatic N) is 1. The Morgan fingerprint density at radius 1 is 0.880 bits per heavy atom. The van der Waals surface area contributed by atoms with Gasteiger partial charge in [-0.05, 0) is 30.0 Å². The van der Waals surface area contributed by atoms with E-state index in [1.807, 2.05) is 30.3 Å². The zero-order valence-electron chi connectivity index (χ0n) is 14.0. The number of aromatic nitrogens is 1. The summed E-state index contributed by atoms with van der Waals surface area (Å²) in [6, 6.07) is 18.4. The molecule has 4 heteroatoms. The molecular formula is C21H20N2O2. The van der Waals surface area contributed by atoms with E-state index < -0.39 is 0 Å². The van der Waals surface area contributed by atoms with Gasteiger partial charge in [-0.25, -0.2) is 0 Å². The van der Waals surface area contributed by atoms with Gasteiger partial charge in [-0.15, -0.1) is 0 Å². The van der Waals surface area contributed by atoms with Crippen LogP contribution in [0, 0.1) is 0 Å². The molecule has 1 fully saturated rings. The van der Waals surface area contributed by atoms with E-state index in [9.17, 15) is 9.59 Å². The number of hydrogen-bond acceptors (Lipinski definition) is 2. The number of aromatic amines is 1. The number of para-hydroxylation sites is 1. The average molecular weight is 332 g/mol. The number of piperidine rings is 1. The molecule has 0 unspecified atom stereocenters. The van der Waals surface area contributed by atoms with E-state index >= 15 is 0 Å². The molecule has 0 aliphatic carbocycles. The fourth-order valence-electron chi connectivity index (χ4n) is 3.58. The summed E-state index contributed by atoms with van der Waals surface area (Å²) in [5, 5.41) is 1.15. The van der Waals surface area contributed by atoms with Gasteiger partial charge in [-0.3, -0.25) is 14.5 Å². The summed E-state index contributed by atoms with van der Waals surface area (Å²) >= 11 is 0. The van der Waals surface area contributed by atoms with Crippen molar-refractivity contribution >= 4 is 22.7 Å². The SMILES string of the molecule is O=C1CCCC(=O)N1CCc1c(-c2ccccc2)[nH]c2ccccc12. The van der Waals surface area contributed by atoms with Crippen molar-refractivity contribution in [3.05, 3.63) is 60.2 Å². The Labute approximate surface area is 146 Å². The molecule has 2 heterocycles. The first kappa shape index (κ1) is 15.6. The third-order valence-electron chi connectivity index (χ3n) is 4.84. The van der Waals surface area contributed by atoms with Crippen molar-refractivity contribution in [2.75, 3.05) is 6.54 Å². The number of imide groups is 1. The van der Waals surface area contributed by atoms with Gasteiger partial charge in [0.1, 0.15) is 0 Å². The molecule has 0 bridgehead atoms. The summed E-state index contributed by atoms with van der Waals surface area (Å²) in [6.45, 7) is 0.444. The Bertz CT molecular complexity index is 911. The number of hydrogen-bond donors (Lipinski definition) is 1. The molecule has 0 atom stereocenters. The first-order chi connectivity index (χ1) is 12.2. The third kappa shape index (κ3) is 2.95. The number of carbonyl (C=O) groups excluding carboxylic acids is 2. The predicted octanol–water partition coefficient (Wildman–Crippen LogP) is 3.92. The highest BCUT2D eigenvalue weighted by molar-refractivity contribution is 5.97. The second-order valence-corrected chi connectivity index (χ2v) is 6.43. The minimum absolute atomic E-state index is 0.0441. The topological polar surface area (TPSA) is 53.2 Å². The normalized spacial score (nSPS) is 15.1. The molecule has 126 valence electrons. The van der Waals surface area contributed by atoms with E-state index in [1.54, 1.807) is 0 Å². The number of carbonyl (C=O) groups is 2. The van der Waals surface area contributed by atoms with Gasteiger partial charge in [0.2, 0.25) is 11.8 Å². The molecule has 0 spiro atoms. The molecule has 1 aromatic heterocycles. The molecule has 2 aromatic carbocycles. The number of H-pyrrole nitrogens is 1. The van der Waals surface area contributed by atoms with Crippen LogP contribution in [0.5, 0.6) is 0 Å². The van der Waals surface area contributed by atoms with Gasteiger partial charge in [0, 0.05) is 36.0 Å². The Hall–Kier alpha value is -2.88. The molecule has 0 saturated carbocycles. The fraction of sp³-hybridized carbons (Fsp3) is 0.238. The van der Waals surface area contributed by atoms with Crippen LogP contribution in [-0.2, 0) is 16.0 Å². The van der Waals surface area contributed by atoms with Crippen molar-refractivity contribution in [1.82, 2.24) is 9.88 Å². The van der Waals surface area contributed by atoms with Crippen LogP contribution >= 0.6 is 0 Å². The van der Waals surface area contributed by atoms with Crippen LogP contribution in [0.25, 0.3) is 22.2 Å². The average Bonchev–Trinajstić information content (AvgIpc) is 3.01. The van der Waals surface area contributed by atoms with E-state index in [2.05, 4.69) is 29.2 Å². The Balaban J connectivity index is 1.70. The number of likely N-dealkylation sites (tertiary alicyclic amines) is 1. The van der Waals surface area contributed by atoms with E-state index in [0.717, 1.165) is 27.7 Å². The molecule has 3 aromatic rings. The maximum Gasteiger partial charge on any atom is 0.229 e. The lowest BCUT2D eigenvalue weighted by Crippen LogP contribution is -2.41. The van der Waals surface area contributed by atoms with Crippen LogP contribution in [0.1, 0.15) is 24.8 Å². The smallest absolute Gasteiger partial charge is 0.229 e. The summed E-state index contributed by atoms with van der Waals surface area (Å²) < 4.78 is 0. The largest absolute Gasteiger partial charge is 0.354 e. The minimum atomic E-state index is -0.0441. The van der Waals surface area contributed by atoms with Gasteiger partial charge in [0.05, 0.1) is 0 Å². The highest BCUT2D eigenvalue weighted by Crippen LogP contribution is 2.31. The van der Waals surface area contributed by atoms with Gasteiger partial charge in [0.15, 0.2) is 0 Å². The molecule has 0 radical (unpaired) electrons. The molecule has 1 aliphatic rings. The van der Waals surface area contributed by atoms with Gasteiger partial charge < -0.3 is 4.98 Å². The van der Waals surface area contributed by atoms with Crippen molar-refractivity contribution < 1.29 is 9.59 Å². The van der Waals surface area contributed by atoms with Crippen molar-refractivity contribution in [2.45, 2.75) is 25.7 Å². The second-order valence-electron chi connectivity index (χ2n) is 6.43. The van der Waals surface area contributed by atoms with Gasteiger partial charge >= 0.3 is 0 Å². The number of rotatable bonds is 4. The molecule has 2 amide bonds. The lowest BCUT2D eigenvalue weighted by atomic mass is 10.0. The molecule has 1 saturated heterocycles. The quantitative estimate of drug-likeness (QED) is 0.736. The van der Waals surface area contributed by atoms with Gasteiger partial charge in [0.25, 0.3) is 0 Å². The molecular weight excluding hydrogens is 312 g/mol. The zero-order chi connectivity index (χ0) is 17.2. The molecule has 1 aliphatic heterocycles. The van der Waals surface area contributed by atoms with Crippen LogP contribution in [0.2, 0.25) is 0 Å². The van der Waals surface area contributed by atoms with Crippen LogP contribution in [0.15, 0.2) is 54.6 Å². The number of amides is 2. The third-order valence-corrected chi connectivity index (χ3v) is 4.84. The van der Waals surface area contributed by atoms with E-state index in [0.29, 0.717) is 32.2 Å². The number of nitrogens with one attached hydrogen (secondary N) is 1. The van der Waals surface area contributed by atoms with Crippen LogP contribution < -0.4 is 0 Å². The second kappa shape index (κ2) is 6.55. The predicted molar refractivity (Wildman–Crippen MR) is 98.0 cm³/mol. The summed E-state index contributed by atoms with van der Waals surface area (Å²) in [5.41, 5.74) is 4.42. The molecule has 1 N–H and O–H groups in total. The monoisotopic (exact) mass is 332 g/mol. The van der Waals surface area contributed by atoms with Crippen LogP contribution in [-0.4, -0.2) is 28.2 Å². The van der Waals surface area contributed by atoms with Crippen LogP contribution in [0.4, 0.5) is 0 Å². The molecule has 4 rings (SSSR count). The highest BCUT2D eigenvalue weighted by Gasteiger charge is 2.26. The number of fused-ring (bicyclic) bond motifs is 1. The maximum atomic E-state index is 12.1. The standard InChI is InChI=1S/C21H20N2O2/c24-19-11-6-12-20(25)23(19)14-13-17-16-9-4-5-10-18(16)22-21(17)15-7-2-1-3-8-15/h1-5,7-10,22H,6,11-14H2. The molecule has 4 nitrogen and oxygen atoms in total. The first-order valence-corrected chi connectivity index (χ1v) is 8.72. The summed E-state index contributed by atoms with van der Waals surface area (Å²) in [4.78, 5) is 29.1. The maximum absolute atomic E-state index is 12.1. The van der Waals surface area contributed by atoms with Crippen molar-refractivity contribution in [2.24, 2.45) is 0 Å². The molecule has 25 heavy (non-hydrogen) atoms. The first-order valence-electron chi connectivity index (χ1n) is 8.72. The summed E-state index contributed by atoms with van der Waals surface area (Å²) in [5.74, 6) is -0.0882. The highest BCUT2D eigenvalue weighted by atomic mass is 16.2. The number of benzene rings is 2. The zero-order valence-corrected chi connectivity index (χ0v) is 14.0. The van der Waals surface area contributed by atoms with Crippen molar-refractivity contribution in [1.29, 1.82) is 0 Å². The van der Waals surface area contributed by atoms with Crippen molar-refractivity contribution in [3.8, 4) is 11.3 Å². The van der Waals surface area contributed by atoms with E-state index in [-0.39, 0.29) is 11.8 Å². The Morgan fingerprint density at radius 2 is 1.56 bits per heavy atom. The van der Waals surface area contributed by atoms with E-state index in [4.69, 9.17) is 0 Å². The summed E-state index contributed by atoms with van der Waals surface area (Å²) in [6.07, 6.45) is 2.29. The summed E-state index contributed by atoms with van der Waals surface area (Å²) in [7, 11) is 0. The minimum Gasteiger partial charge on any atom is -0.354 e. The lowest BCUT2D eigenvalue weighted by molar-refractivity contribution is -0.147. The Morgan fingerprint density at radius 3 is 2.32 bits per heavy atom.